The van der Waals surface area contributed by atoms with E-state index in [2.05, 4.69) is 10.6 Å². The molecule has 0 radical (unpaired) electrons. The van der Waals surface area contributed by atoms with Crippen molar-refractivity contribution in [2.75, 3.05) is 11.9 Å². The number of carbonyl (C=O) groups is 3. The molecule has 6 nitrogen and oxygen atoms in total. The van der Waals surface area contributed by atoms with Crippen LogP contribution in [0.5, 0.6) is 0 Å². The number of hydrogen-bond donors (Lipinski definition) is 2. The van der Waals surface area contributed by atoms with Gasteiger partial charge >= 0.3 is 5.97 Å². The molecule has 1 atom stereocenters. The second kappa shape index (κ2) is 10.2. The maximum absolute atomic E-state index is 12.8. The van der Waals surface area contributed by atoms with Crippen molar-refractivity contribution in [1.29, 1.82) is 0 Å². The Bertz CT molecular complexity index is 1060. The van der Waals surface area contributed by atoms with E-state index in [0.29, 0.717) is 16.8 Å². The van der Waals surface area contributed by atoms with Gasteiger partial charge in [0.25, 0.3) is 11.8 Å². The topological polar surface area (TPSA) is 84.5 Å². The highest BCUT2D eigenvalue weighted by atomic mass is 16.5. The molecule has 0 aliphatic rings. The quantitative estimate of drug-likeness (QED) is 0.563. The minimum absolute atomic E-state index is 0.201. The van der Waals surface area contributed by atoms with Crippen molar-refractivity contribution in [3.05, 3.63) is 101 Å². The monoisotopic (exact) mass is 416 g/mol. The van der Waals surface area contributed by atoms with E-state index in [1.165, 1.54) is 0 Å². The van der Waals surface area contributed by atoms with Gasteiger partial charge in [0.1, 0.15) is 0 Å². The first-order valence-electron chi connectivity index (χ1n) is 9.92. The van der Waals surface area contributed by atoms with Crippen LogP contribution in [-0.4, -0.2) is 24.4 Å². The highest BCUT2D eigenvalue weighted by molar-refractivity contribution is 6.04. The van der Waals surface area contributed by atoms with Gasteiger partial charge in [-0.2, -0.15) is 0 Å². The number of benzene rings is 3. The lowest BCUT2D eigenvalue weighted by atomic mass is 10.1. The Hall–Kier alpha value is -3.93. The molecule has 3 aromatic carbocycles. The normalized spacial score (nSPS) is 11.3. The van der Waals surface area contributed by atoms with Crippen molar-refractivity contribution in [3.63, 3.8) is 0 Å². The van der Waals surface area contributed by atoms with E-state index in [0.717, 1.165) is 11.1 Å². The van der Waals surface area contributed by atoms with Crippen molar-refractivity contribution in [2.45, 2.75) is 19.9 Å². The first-order valence-corrected chi connectivity index (χ1v) is 9.92. The lowest BCUT2D eigenvalue weighted by molar-refractivity contribution is -0.119. The van der Waals surface area contributed by atoms with Crippen molar-refractivity contribution in [3.8, 4) is 0 Å². The number of para-hydroxylation sites is 1. The van der Waals surface area contributed by atoms with Crippen LogP contribution < -0.4 is 10.6 Å². The van der Waals surface area contributed by atoms with Gasteiger partial charge in [-0.25, -0.2) is 4.79 Å². The molecule has 0 fully saturated rings. The SMILES string of the molecule is Cc1ccc(C(=O)OCC(=O)Nc2ccccc2C(=O)N[C@@H](C)c2ccccc2)cc1. The number of esters is 1. The molecule has 0 saturated heterocycles. The fourth-order valence-electron chi connectivity index (χ4n) is 2.98. The van der Waals surface area contributed by atoms with E-state index in [-0.39, 0.29) is 11.9 Å². The number of amides is 2. The molecule has 0 saturated carbocycles. The van der Waals surface area contributed by atoms with E-state index in [9.17, 15) is 14.4 Å². The number of hydrogen-bond acceptors (Lipinski definition) is 4. The minimum Gasteiger partial charge on any atom is -0.452 e. The molecule has 0 aliphatic carbocycles. The van der Waals surface area contributed by atoms with E-state index in [1.54, 1.807) is 48.5 Å². The van der Waals surface area contributed by atoms with Crippen LogP contribution in [0.15, 0.2) is 78.9 Å². The van der Waals surface area contributed by atoms with Crippen LogP contribution in [0, 0.1) is 6.92 Å². The zero-order chi connectivity index (χ0) is 22.2. The van der Waals surface area contributed by atoms with Crippen LogP contribution in [-0.2, 0) is 9.53 Å². The van der Waals surface area contributed by atoms with Crippen LogP contribution in [0.4, 0.5) is 5.69 Å². The summed E-state index contributed by atoms with van der Waals surface area (Å²) in [5, 5.41) is 5.57. The van der Waals surface area contributed by atoms with Gasteiger partial charge in [0.05, 0.1) is 22.9 Å². The Labute approximate surface area is 181 Å². The molecule has 2 N–H and O–H groups in total. The summed E-state index contributed by atoms with van der Waals surface area (Å²) in [6.07, 6.45) is 0. The maximum Gasteiger partial charge on any atom is 0.338 e. The summed E-state index contributed by atoms with van der Waals surface area (Å²) in [5.41, 5.74) is 3.03. The number of carbonyl (C=O) groups excluding carboxylic acids is 3. The van der Waals surface area contributed by atoms with Gasteiger partial charge in [-0.3, -0.25) is 9.59 Å². The van der Waals surface area contributed by atoms with Crippen LogP contribution in [0.2, 0.25) is 0 Å². The molecule has 2 amide bonds. The smallest absolute Gasteiger partial charge is 0.338 e. The molecule has 0 heterocycles. The van der Waals surface area contributed by atoms with E-state index >= 15 is 0 Å². The first kappa shape index (κ1) is 21.8. The average Bonchev–Trinajstić information content (AvgIpc) is 2.79. The highest BCUT2D eigenvalue weighted by Gasteiger charge is 2.17. The Morgan fingerprint density at radius 3 is 2.23 bits per heavy atom. The van der Waals surface area contributed by atoms with Gasteiger partial charge in [-0.15, -0.1) is 0 Å². The summed E-state index contributed by atoms with van der Waals surface area (Å²) in [4.78, 5) is 37.1. The van der Waals surface area contributed by atoms with Crippen LogP contribution in [0.3, 0.4) is 0 Å². The number of rotatable bonds is 7. The van der Waals surface area contributed by atoms with Gasteiger partial charge in [0.2, 0.25) is 0 Å². The molecule has 158 valence electrons. The number of nitrogens with one attached hydrogen (secondary N) is 2. The molecular weight excluding hydrogens is 392 g/mol. The zero-order valence-corrected chi connectivity index (χ0v) is 17.4. The molecule has 31 heavy (non-hydrogen) atoms. The Kier molecular flexibility index (Phi) is 7.17. The second-order valence-electron chi connectivity index (χ2n) is 7.14. The second-order valence-corrected chi connectivity index (χ2v) is 7.14. The van der Waals surface area contributed by atoms with Gasteiger partial charge in [0, 0.05) is 0 Å². The molecule has 0 unspecified atom stereocenters. The van der Waals surface area contributed by atoms with Crippen molar-refractivity contribution in [1.82, 2.24) is 5.32 Å². The van der Waals surface area contributed by atoms with Gasteiger partial charge in [-0.05, 0) is 43.7 Å². The zero-order valence-electron chi connectivity index (χ0n) is 17.4. The van der Waals surface area contributed by atoms with Crippen LogP contribution in [0.1, 0.15) is 44.8 Å². The van der Waals surface area contributed by atoms with Crippen LogP contribution in [0.25, 0.3) is 0 Å². The van der Waals surface area contributed by atoms with Crippen molar-refractivity contribution in [2.24, 2.45) is 0 Å². The lowest BCUT2D eigenvalue weighted by Crippen LogP contribution is -2.28. The standard InChI is InChI=1S/C25H24N2O4/c1-17-12-14-20(15-13-17)25(30)31-16-23(28)27-22-11-7-6-10-21(22)24(29)26-18(2)19-8-4-3-5-9-19/h3-15,18H,16H2,1-2H3,(H,26,29)(H,27,28)/t18-/m0/s1. The summed E-state index contributed by atoms with van der Waals surface area (Å²) >= 11 is 0. The molecule has 3 aromatic rings. The summed E-state index contributed by atoms with van der Waals surface area (Å²) in [6, 6.07) is 22.9. The summed E-state index contributed by atoms with van der Waals surface area (Å²) in [5.74, 6) is -1.43. The predicted molar refractivity (Wildman–Crippen MR) is 119 cm³/mol. The number of anilines is 1. The third-order valence-corrected chi connectivity index (χ3v) is 4.71. The fraction of sp³-hybridized carbons (Fsp3) is 0.160. The molecule has 0 spiro atoms. The van der Waals surface area contributed by atoms with Crippen molar-refractivity contribution >= 4 is 23.5 Å². The Morgan fingerprint density at radius 1 is 0.871 bits per heavy atom. The largest absolute Gasteiger partial charge is 0.452 e. The average molecular weight is 416 g/mol. The summed E-state index contributed by atoms with van der Waals surface area (Å²) < 4.78 is 5.07. The summed E-state index contributed by atoms with van der Waals surface area (Å²) in [6.45, 7) is 3.35. The van der Waals surface area contributed by atoms with Gasteiger partial charge in [0.15, 0.2) is 6.61 Å². The molecule has 0 aliphatic heterocycles. The van der Waals surface area contributed by atoms with Crippen LogP contribution >= 0.6 is 0 Å². The third-order valence-electron chi connectivity index (χ3n) is 4.71. The molecule has 6 heteroatoms. The third kappa shape index (κ3) is 6.02. The fourth-order valence-corrected chi connectivity index (χ4v) is 2.98. The molecule has 0 bridgehead atoms. The number of ether oxygens (including phenoxy) is 1. The maximum atomic E-state index is 12.8. The van der Waals surface area contributed by atoms with Gasteiger partial charge < -0.3 is 15.4 Å². The Morgan fingerprint density at radius 2 is 1.52 bits per heavy atom. The van der Waals surface area contributed by atoms with E-state index < -0.39 is 18.5 Å². The molecule has 0 aromatic heterocycles. The van der Waals surface area contributed by atoms with E-state index in [1.807, 2.05) is 44.2 Å². The molecular formula is C25H24N2O4. The van der Waals surface area contributed by atoms with Crippen molar-refractivity contribution < 1.29 is 19.1 Å². The minimum atomic E-state index is -0.585. The Balaban J connectivity index is 1.60. The van der Waals surface area contributed by atoms with E-state index in [4.69, 9.17) is 4.74 Å². The summed E-state index contributed by atoms with van der Waals surface area (Å²) in [7, 11) is 0. The van der Waals surface area contributed by atoms with Gasteiger partial charge in [-0.1, -0.05) is 60.2 Å². The number of aryl methyl sites for hydroxylation is 1. The molecule has 3 rings (SSSR count). The highest BCUT2D eigenvalue weighted by Crippen LogP contribution is 2.18. The lowest BCUT2D eigenvalue weighted by Gasteiger charge is -2.16. The predicted octanol–water partition coefficient (Wildman–Crippen LogP) is 4.28. The first-order chi connectivity index (χ1) is 14.9.